The highest BCUT2D eigenvalue weighted by Gasteiger charge is 2.33. The molecule has 7 nitrogen and oxygen atoms in total. The molecule has 1 aliphatic carbocycles. The molecule has 1 atom stereocenters. The second-order valence-corrected chi connectivity index (χ2v) is 7.81. The minimum atomic E-state index is -1.10. The van der Waals surface area contributed by atoms with Crippen LogP contribution in [0.4, 0.5) is 0 Å². The Morgan fingerprint density at radius 3 is 2.31 bits per heavy atom. The normalized spacial score (nSPS) is 19.6. The number of aliphatic hydroxyl groups excluding tert-OH is 1. The number of hydroxylamine groups is 1. The van der Waals surface area contributed by atoms with E-state index in [0.717, 1.165) is 25.7 Å². The maximum Gasteiger partial charge on any atom is 0.267 e. The van der Waals surface area contributed by atoms with Gasteiger partial charge in [0.25, 0.3) is 11.8 Å². The SMILES string of the molecule is CC(C)(N)[C@H](NC(=O)c1ccc(C#CC#C[C@H]2CC[C@H](O)CC2)cc1)C(=O)NO. The number of carbonyl (C=O) groups excluding carboxylic acids is 2. The zero-order valence-electron chi connectivity index (χ0n) is 16.7. The van der Waals surface area contributed by atoms with E-state index in [1.807, 2.05) is 0 Å². The van der Waals surface area contributed by atoms with Gasteiger partial charge in [-0.05, 0) is 75.6 Å². The van der Waals surface area contributed by atoms with Crippen LogP contribution in [0.3, 0.4) is 0 Å². The summed E-state index contributed by atoms with van der Waals surface area (Å²) >= 11 is 0. The number of carbonyl (C=O) groups is 2. The molecule has 0 bridgehead atoms. The van der Waals surface area contributed by atoms with Crippen LogP contribution < -0.4 is 16.5 Å². The van der Waals surface area contributed by atoms with Crippen LogP contribution >= 0.6 is 0 Å². The van der Waals surface area contributed by atoms with Crippen molar-refractivity contribution in [3.8, 4) is 23.7 Å². The van der Waals surface area contributed by atoms with Gasteiger partial charge in [0.1, 0.15) is 6.04 Å². The van der Waals surface area contributed by atoms with Crippen molar-refractivity contribution < 1.29 is 19.9 Å². The number of hydrogen-bond donors (Lipinski definition) is 5. The van der Waals surface area contributed by atoms with Crippen LogP contribution in [-0.2, 0) is 4.79 Å². The summed E-state index contributed by atoms with van der Waals surface area (Å²) in [6, 6.07) is 5.46. The maximum absolute atomic E-state index is 12.4. The predicted molar refractivity (Wildman–Crippen MR) is 109 cm³/mol. The number of hydrogen-bond acceptors (Lipinski definition) is 5. The van der Waals surface area contributed by atoms with Crippen molar-refractivity contribution in [3.05, 3.63) is 35.4 Å². The van der Waals surface area contributed by atoms with Crippen LogP contribution in [0.1, 0.15) is 55.5 Å². The number of aliphatic hydroxyl groups is 1. The van der Waals surface area contributed by atoms with Crippen molar-refractivity contribution in [2.24, 2.45) is 11.7 Å². The Kier molecular flexibility index (Phi) is 7.81. The lowest BCUT2D eigenvalue weighted by Crippen LogP contribution is -2.61. The Bertz CT molecular complexity index is 843. The van der Waals surface area contributed by atoms with Gasteiger partial charge in [-0.15, -0.1) is 0 Å². The van der Waals surface area contributed by atoms with Gasteiger partial charge in [0, 0.05) is 22.6 Å². The Morgan fingerprint density at radius 2 is 1.76 bits per heavy atom. The van der Waals surface area contributed by atoms with Crippen molar-refractivity contribution in [1.29, 1.82) is 0 Å². The third-order valence-electron chi connectivity index (χ3n) is 4.78. The van der Waals surface area contributed by atoms with Gasteiger partial charge < -0.3 is 16.2 Å². The van der Waals surface area contributed by atoms with Gasteiger partial charge in [0.2, 0.25) is 0 Å². The first-order chi connectivity index (χ1) is 13.7. The largest absolute Gasteiger partial charge is 0.393 e. The molecular formula is C22H27N3O4. The first kappa shape index (κ1) is 22.4. The van der Waals surface area contributed by atoms with Crippen LogP contribution in [-0.4, -0.2) is 39.8 Å². The van der Waals surface area contributed by atoms with Crippen molar-refractivity contribution in [2.75, 3.05) is 0 Å². The van der Waals surface area contributed by atoms with Crippen LogP contribution in [0.5, 0.6) is 0 Å². The summed E-state index contributed by atoms with van der Waals surface area (Å²) in [4.78, 5) is 24.1. The third-order valence-corrected chi connectivity index (χ3v) is 4.78. The summed E-state index contributed by atoms with van der Waals surface area (Å²) in [6.45, 7) is 3.14. The highest BCUT2D eigenvalue weighted by molar-refractivity contribution is 5.97. The monoisotopic (exact) mass is 397 g/mol. The van der Waals surface area contributed by atoms with Crippen LogP contribution in [0.25, 0.3) is 0 Å². The van der Waals surface area contributed by atoms with Gasteiger partial charge in [0.15, 0.2) is 0 Å². The Balaban J connectivity index is 1.98. The summed E-state index contributed by atoms with van der Waals surface area (Å²) in [6.07, 6.45) is 3.18. The zero-order valence-corrected chi connectivity index (χ0v) is 16.7. The van der Waals surface area contributed by atoms with Gasteiger partial charge in [-0.3, -0.25) is 14.8 Å². The summed E-state index contributed by atoms with van der Waals surface area (Å²) < 4.78 is 0. The Labute approximate surface area is 171 Å². The molecule has 1 aromatic rings. The van der Waals surface area contributed by atoms with Crippen LogP contribution in [0, 0.1) is 29.6 Å². The standard InChI is InChI=1S/C22H27N3O4/c1-22(2,23)19(21(28)25-29)24-20(27)17-11-7-15(8-12-17)5-3-4-6-16-9-13-18(26)14-10-16/h7-8,11-12,16,18-19,26,29H,9-10,13-14,23H2,1-2H3,(H,24,27)(H,25,28)/t16-,18-,19-/m1/s1. The molecule has 2 amide bonds. The molecular weight excluding hydrogens is 370 g/mol. The zero-order chi connectivity index (χ0) is 21.4. The van der Waals surface area contributed by atoms with Gasteiger partial charge in [0.05, 0.1) is 6.10 Å². The highest BCUT2D eigenvalue weighted by Crippen LogP contribution is 2.23. The molecule has 2 rings (SSSR count). The lowest BCUT2D eigenvalue weighted by Gasteiger charge is -2.29. The lowest BCUT2D eigenvalue weighted by atomic mass is 9.88. The fraction of sp³-hybridized carbons (Fsp3) is 0.455. The molecule has 1 saturated carbocycles. The van der Waals surface area contributed by atoms with Crippen molar-refractivity contribution in [2.45, 2.75) is 57.2 Å². The van der Waals surface area contributed by atoms with Crippen molar-refractivity contribution in [3.63, 3.8) is 0 Å². The Morgan fingerprint density at radius 1 is 1.14 bits per heavy atom. The van der Waals surface area contributed by atoms with E-state index in [4.69, 9.17) is 10.9 Å². The summed E-state index contributed by atoms with van der Waals surface area (Å²) in [5.41, 5.74) is 7.40. The fourth-order valence-corrected chi connectivity index (χ4v) is 3.04. The molecule has 0 spiro atoms. The summed E-state index contributed by atoms with van der Waals surface area (Å²) in [7, 11) is 0. The molecule has 1 aromatic carbocycles. The van der Waals surface area contributed by atoms with E-state index in [0.29, 0.717) is 11.1 Å². The predicted octanol–water partition coefficient (Wildman–Crippen LogP) is 0.934. The number of amides is 2. The minimum Gasteiger partial charge on any atom is -0.393 e. The minimum absolute atomic E-state index is 0.195. The van der Waals surface area contributed by atoms with E-state index in [2.05, 4.69) is 29.0 Å². The van der Waals surface area contributed by atoms with E-state index < -0.39 is 23.4 Å². The molecule has 154 valence electrons. The molecule has 0 unspecified atom stereocenters. The smallest absolute Gasteiger partial charge is 0.267 e. The molecule has 0 saturated heterocycles. The number of nitrogens with one attached hydrogen (secondary N) is 2. The van der Waals surface area contributed by atoms with E-state index in [9.17, 15) is 14.7 Å². The topological polar surface area (TPSA) is 125 Å². The van der Waals surface area contributed by atoms with Gasteiger partial charge >= 0.3 is 0 Å². The third kappa shape index (κ3) is 6.92. The van der Waals surface area contributed by atoms with Crippen molar-refractivity contribution in [1.82, 2.24) is 10.8 Å². The Hall–Kier alpha value is -2.84. The van der Waals surface area contributed by atoms with Gasteiger partial charge in [-0.1, -0.05) is 11.8 Å². The molecule has 6 N–H and O–H groups in total. The highest BCUT2D eigenvalue weighted by atomic mass is 16.5. The maximum atomic E-state index is 12.4. The van der Waals surface area contributed by atoms with E-state index in [1.165, 1.54) is 5.48 Å². The lowest BCUT2D eigenvalue weighted by molar-refractivity contribution is -0.132. The number of rotatable bonds is 4. The quantitative estimate of drug-likeness (QED) is 0.294. The molecule has 1 fully saturated rings. The summed E-state index contributed by atoms with van der Waals surface area (Å²) in [5.74, 6) is 10.7. The average molecular weight is 397 g/mol. The molecule has 1 aliphatic rings. The molecule has 29 heavy (non-hydrogen) atoms. The molecule has 0 aromatic heterocycles. The van der Waals surface area contributed by atoms with Crippen LogP contribution in [0.15, 0.2) is 24.3 Å². The molecule has 0 aliphatic heterocycles. The summed E-state index contributed by atoms with van der Waals surface area (Å²) in [5, 5.41) is 20.9. The molecule has 7 heteroatoms. The van der Waals surface area contributed by atoms with Gasteiger partial charge in [-0.2, -0.15) is 0 Å². The van der Waals surface area contributed by atoms with Crippen LogP contribution in [0.2, 0.25) is 0 Å². The van der Waals surface area contributed by atoms with Crippen molar-refractivity contribution >= 4 is 11.8 Å². The second kappa shape index (κ2) is 10.1. The first-order valence-corrected chi connectivity index (χ1v) is 9.54. The number of nitrogens with two attached hydrogens (primary N) is 1. The average Bonchev–Trinajstić information content (AvgIpc) is 2.69. The molecule has 0 heterocycles. The second-order valence-electron chi connectivity index (χ2n) is 7.81. The molecule has 0 radical (unpaired) electrons. The van der Waals surface area contributed by atoms with E-state index >= 15 is 0 Å². The fourth-order valence-electron chi connectivity index (χ4n) is 3.04. The number of benzene rings is 1. The first-order valence-electron chi connectivity index (χ1n) is 9.54. The van der Waals surface area contributed by atoms with E-state index in [-0.39, 0.29) is 12.0 Å². The van der Waals surface area contributed by atoms with E-state index in [1.54, 1.807) is 38.1 Å². The van der Waals surface area contributed by atoms with Gasteiger partial charge in [-0.25, -0.2) is 5.48 Å².